The van der Waals surface area contributed by atoms with Crippen molar-refractivity contribution in [2.75, 3.05) is 25.5 Å². The van der Waals surface area contributed by atoms with Gasteiger partial charge in [-0.2, -0.15) is 0 Å². The Bertz CT molecular complexity index is 1350. The van der Waals surface area contributed by atoms with Gasteiger partial charge in [-0.1, -0.05) is 18.2 Å². The number of aryl methyl sites for hydroxylation is 1. The van der Waals surface area contributed by atoms with Gasteiger partial charge in [0.05, 0.1) is 5.52 Å². The number of nitrogens with zero attached hydrogens (tertiary/aromatic N) is 2. The van der Waals surface area contributed by atoms with Gasteiger partial charge in [0.15, 0.2) is 0 Å². The molecular weight excluding hydrogens is 448 g/mol. The number of hydrogen-bond acceptors (Lipinski definition) is 4. The summed E-state index contributed by atoms with van der Waals surface area (Å²) < 4.78 is 0. The average molecular weight is 485 g/mol. The number of rotatable bonds is 5. The molecule has 4 rings (SSSR count). The Morgan fingerprint density at radius 3 is 2.44 bits per heavy atom. The number of benzene rings is 2. The molecule has 1 aliphatic rings. The molecule has 6 nitrogen and oxygen atoms in total. The number of hydrogen-bond donors (Lipinski definition) is 2. The summed E-state index contributed by atoms with van der Waals surface area (Å²) in [6, 6.07) is 14.2. The molecule has 2 heterocycles. The summed E-state index contributed by atoms with van der Waals surface area (Å²) in [6.45, 7) is 11.7. The first-order valence-electron chi connectivity index (χ1n) is 12.6. The number of likely N-dealkylation sites (N-methyl/N-ethyl adjacent to an activating group) is 1. The zero-order valence-corrected chi connectivity index (χ0v) is 22.2. The van der Waals surface area contributed by atoms with Crippen molar-refractivity contribution in [2.45, 2.75) is 53.0 Å². The maximum absolute atomic E-state index is 13.4. The quantitative estimate of drug-likeness (QED) is 0.449. The van der Waals surface area contributed by atoms with Gasteiger partial charge in [0.1, 0.15) is 5.82 Å². The maximum Gasteiger partial charge on any atom is 0.254 e. The van der Waals surface area contributed by atoms with E-state index >= 15 is 0 Å². The van der Waals surface area contributed by atoms with Crippen molar-refractivity contribution < 1.29 is 9.59 Å². The zero-order valence-electron chi connectivity index (χ0n) is 22.2. The number of carbonyl (C=O) groups is 2. The fraction of sp³-hybridized carbons (Fsp3) is 0.367. The van der Waals surface area contributed by atoms with Crippen molar-refractivity contribution in [1.82, 2.24) is 15.2 Å². The lowest BCUT2D eigenvalue weighted by Gasteiger charge is -2.23. The highest BCUT2D eigenvalue weighted by atomic mass is 16.2. The number of carbonyl (C=O) groups excluding carboxylic acids is 2. The van der Waals surface area contributed by atoms with Crippen LogP contribution in [0.4, 0.5) is 5.82 Å². The van der Waals surface area contributed by atoms with E-state index in [1.165, 1.54) is 0 Å². The molecule has 0 radical (unpaired) electrons. The summed E-state index contributed by atoms with van der Waals surface area (Å²) in [6.07, 6.45) is 3.98. The standard InChI is InChI=1S/C30H36N4O2/c1-19-10-9-11-24(29(36)34-14-7-8-15-34)26(19)21-12-13-25-22(17-21)18-23(16-20(2)28(35)31-6)27(32-25)33-30(3,4)5/h9-13,16-18H,7-8,14-15H2,1-6H3,(H,31,35)(H,32,33)/b20-16+. The molecule has 1 saturated heterocycles. The highest BCUT2D eigenvalue weighted by molar-refractivity contribution is 6.03. The van der Waals surface area contributed by atoms with Crippen molar-refractivity contribution in [3.63, 3.8) is 0 Å². The lowest BCUT2D eigenvalue weighted by Crippen LogP contribution is -2.28. The fourth-order valence-electron chi connectivity index (χ4n) is 4.73. The minimum absolute atomic E-state index is 0.0963. The number of anilines is 1. The van der Waals surface area contributed by atoms with E-state index in [1.807, 2.05) is 35.2 Å². The molecule has 2 aromatic carbocycles. The molecule has 188 valence electrons. The second kappa shape index (κ2) is 10.1. The second-order valence-corrected chi connectivity index (χ2v) is 10.6. The molecule has 0 spiro atoms. The first kappa shape index (κ1) is 25.4. The number of aromatic nitrogens is 1. The molecule has 0 saturated carbocycles. The summed E-state index contributed by atoms with van der Waals surface area (Å²) in [5.41, 5.74) is 5.85. The molecule has 0 aliphatic carbocycles. The van der Waals surface area contributed by atoms with Crippen molar-refractivity contribution in [3.8, 4) is 11.1 Å². The van der Waals surface area contributed by atoms with E-state index in [1.54, 1.807) is 14.0 Å². The van der Waals surface area contributed by atoms with Crippen LogP contribution in [0, 0.1) is 6.92 Å². The van der Waals surface area contributed by atoms with Crippen LogP contribution >= 0.6 is 0 Å². The van der Waals surface area contributed by atoms with Crippen LogP contribution in [0.15, 0.2) is 48.0 Å². The molecular formula is C30H36N4O2. The van der Waals surface area contributed by atoms with E-state index in [0.29, 0.717) is 5.57 Å². The normalized spacial score (nSPS) is 14.3. The maximum atomic E-state index is 13.4. The minimum atomic E-state index is -0.198. The van der Waals surface area contributed by atoms with Gasteiger partial charge in [-0.25, -0.2) is 4.98 Å². The number of amides is 2. The van der Waals surface area contributed by atoms with Crippen LogP contribution in [-0.4, -0.2) is 47.4 Å². The van der Waals surface area contributed by atoms with Gasteiger partial charge in [-0.15, -0.1) is 0 Å². The van der Waals surface area contributed by atoms with E-state index in [0.717, 1.165) is 70.5 Å². The SMILES string of the molecule is CNC(=O)/C(C)=C/c1cc2cc(-c3c(C)cccc3C(=O)N3CCCC3)ccc2nc1NC(C)(C)C. The average Bonchev–Trinajstić information content (AvgIpc) is 3.37. The van der Waals surface area contributed by atoms with Crippen LogP contribution in [-0.2, 0) is 4.79 Å². The Balaban J connectivity index is 1.85. The third kappa shape index (κ3) is 5.43. The number of fused-ring (bicyclic) bond motifs is 1. The third-order valence-electron chi connectivity index (χ3n) is 6.48. The van der Waals surface area contributed by atoms with Crippen LogP contribution in [0.2, 0.25) is 0 Å². The monoisotopic (exact) mass is 484 g/mol. The van der Waals surface area contributed by atoms with Crippen LogP contribution in [0.1, 0.15) is 62.0 Å². The topological polar surface area (TPSA) is 74.3 Å². The zero-order chi connectivity index (χ0) is 26.0. The van der Waals surface area contributed by atoms with Gasteiger partial charge in [0.25, 0.3) is 5.91 Å². The Morgan fingerprint density at radius 2 is 1.78 bits per heavy atom. The first-order valence-corrected chi connectivity index (χ1v) is 12.6. The molecule has 2 amide bonds. The highest BCUT2D eigenvalue weighted by Crippen LogP contribution is 2.33. The summed E-state index contributed by atoms with van der Waals surface area (Å²) >= 11 is 0. The predicted molar refractivity (Wildman–Crippen MR) is 148 cm³/mol. The van der Waals surface area contributed by atoms with Crippen molar-refractivity contribution in [2.24, 2.45) is 0 Å². The van der Waals surface area contributed by atoms with Crippen LogP contribution in [0.25, 0.3) is 28.1 Å². The van der Waals surface area contributed by atoms with Gasteiger partial charge in [0.2, 0.25) is 5.91 Å². The number of nitrogens with one attached hydrogen (secondary N) is 2. The van der Waals surface area contributed by atoms with E-state index < -0.39 is 0 Å². The van der Waals surface area contributed by atoms with Crippen LogP contribution in [0.5, 0.6) is 0 Å². The van der Waals surface area contributed by atoms with Crippen molar-refractivity contribution in [1.29, 1.82) is 0 Å². The van der Waals surface area contributed by atoms with E-state index in [2.05, 4.69) is 56.5 Å². The summed E-state index contributed by atoms with van der Waals surface area (Å²) in [5, 5.41) is 7.11. The van der Waals surface area contributed by atoms with Crippen molar-refractivity contribution >= 4 is 34.6 Å². The van der Waals surface area contributed by atoms with Crippen LogP contribution in [0.3, 0.4) is 0 Å². The molecule has 2 N–H and O–H groups in total. The lowest BCUT2D eigenvalue weighted by molar-refractivity contribution is -0.116. The van der Waals surface area contributed by atoms with E-state index in [-0.39, 0.29) is 17.4 Å². The molecule has 0 atom stereocenters. The van der Waals surface area contributed by atoms with Gasteiger partial charge in [-0.3, -0.25) is 9.59 Å². The largest absolute Gasteiger partial charge is 0.365 e. The first-order chi connectivity index (χ1) is 17.1. The minimum Gasteiger partial charge on any atom is -0.365 e. The summed E-state index contributed by atoms with van der Waals surface area (Å²) in [5.74, 6) is 0.696. The Morgan fingerprint density at radius 1 is 1.06 bits per heavy atom. The fourth-order valence-corrected chi connectivity index (χ4v) is 4.73. The summed E-state index contributed by atoms with van der Waals surface area (Å²) in [4.78, 5) is 32.4. The molecule has 3 aromatic rings. The Labute approximate surface area is 213 Å². The number of likely N-dealkylation sites (tertiary alicyclic amines) is 1. The molecule has 0 unspecified atom stereocenters. The Hall–Kier alpha value is -3.67. The molecule has 36 heavy (non-hydrogen) atoms. The van der Waals surface area contributed by atoms with E-state index in [9.17, 15) is 9.59 Å². The Kier molecular flexibility index (Phi) is 7.16. The van der Waals surface area contributed by atoms with E-state index in [4.69, 9.17) is 4.98 Å². The van der Waals surface area contributed by atoms with Gasteiger partial charge in [-0.05, 0) is 94.5 Å². The van der Waals surface area contributed by atoms with Crippen molar-refractivity contribution in [3.05, 3.63) is 64.7 Å². The summed E-state index contributed by atoms with van der Waals surface area (Å²) in [7, 11) is 1.63. The molecule has 1 aromatic heterocycles. The lowest BCUT2D eigenvalue weighted by atomic mass is 9.93. The molecule has 6 heteroatoms. The number of pyridine rings is 1. The smallest absolute Gasteiger partial charge is 0.254 e. The molecule has 0 bridgehead atoms. The highest BCUT2D eigenvalue weighted by Gasteiger charge is 2.23. The van der Waals surface area contributed by atoms with Crippen LogP contribution < -0.4 is 10.6 Å². The predicted octanol–water partition coefficient (Wildman–Crippen LogP) is 5.81. The van der Waals surface area contributed by atoms with Gasteiger partial charge < -0.3 is 15.5 Å². The second-order valence-electron chi connectivity index (χ2n) is 10.6. The third-order valence-corrected chi connectivity index (χ3v) is 6.48. The van der Waals surface area contributed by atoms with Gasteiger partial charge in [0, 0.05) is 47.8 Å². The molecule has 1 aliphatic heterocycles. The van der Waals surface area contributed by atoms with Gasteiger partial charge >= 0.3 is 0 Å². The molecule has 1 fully saturated rings.